The Morgan fingerprint density at radius 3 is 2.19 bits per heavy atom. The van der Waals surface area contributed by atoms with Crippen LogP contribution in [-0.4, -0.2) is 21.8 Å². The molecule has 0 spiro atoms. The van der Waals surface area contributed by atoms with Crippen LogP contribution in [0.1, 0.15) is 26.3 Å². The summed E-state index contributed by atoms with van der Waals surface area (Å²) in [6, 6.07) is 12.5. The number of halogens is 2. The van der Waals surface area contributed by atoms with Crippen LogP contribution in [0.15, 0.2) is 60.8 Å². The van der Waals surface area contributed by atoms with Gasteiger partial charge in [-0.25, -0.2) is 18.6 Å². The van der Waals surface area contributed by atoms with E-state index < -0.39 is 29.1 Å². The average Bonchev–Trinajstić information content (AvgIpc) is 2.64. The van der Waals surface area contributed by atoms with Crippen LogP contribution in [0.4, 0.5) is 20.3 Å². The van der Waals surface area contributed by atoms with Crippen molar-refractivity contribution in [2.24, 2.45) is 0 Å². The fourth-order valence-corrected chi connectivity index (χ4v) is 2.38. The molecule has 5 nitrogen and oxygen atoms in total. The summed E-state index contributed by atoms with van der Waals surface area (Å²) in [6.07, 6.45) is 1.29. The minimum atomic E-state index is -1.29. The molecule has 0 aliphatic heterocycles. The molecule has 3 aromatic rings. The van der Waals surface area contributed by atoms with Crippen LogP contribution in [0, 0.1) is 11.6 Å². The lowest BCUT2D eigenvalue weighted by Crippen LogP contribution is -2.08. The predicted octanol–water partition coefficient (Wildman–Crippen LogP) is 4.03. The minimum absolute atomic E-state index is 0.156. The highest BCUT2D eigenvalue weighted by Gasteiger charge is 2.19. The van der Waals surface area contributed by atoms with Gasteiger partial charge >= 0.3 is 5.97 Å². The van der Waals surface area contributed by atoms with Crippen molar-refractivity contribution in [1.29, 1.82) is 0 Å². The predicted molar refractivity (Wildman–Crippen MR) is 90.7 cm³/mol. The zero-order valence-corrected chi connectivity index (χ0v) is 13.2. The molecule has 2 aromatic carbocycles. The first-order valence-corrected chi connectivity index (χ1v) is 7.51. The van der Waals surface area contributed by atoms with Gasteiger partial charge in [0.2, 0.25) is 0 Å². The summed E-state index contributed by atoms with van der Waals surface area (Å²) in [5, 5.41) is 11.5. The number of carbonyl (C=O) groups is 2. The molecule has 0 saturated carbocycles. The fraction of sp³-hybridized carbons (Fsp3) is 0. The highest BCUT2D eigenvalue weighted by molar-refractivity contribution is 6.09. The molecule has 26 heavy (non-hydrogen) atoms. The molecule has 7 heteroatoms. The van der Waals surface area contributed by atoms with Gasteiger partial charge in [0.1, 0.15) is 28.7 Å². The maximum Gasteiger partial charge on any atom is 0.339 e. The van der Waals surface area contributed by atoms with Gasteiger partial charge in [-0.05, 0) is 24.3 Å². The van der Waals surface area contributed by atoms with Gasteiger partial charge in [0.25, 0.3) is 0 Å². The molecule has 0 unspecified atom stereocenters. The van der Waals surface area contributed by atoms with Crippen LogP contribution >= 0.6 is 0 Å². The van der Waals surface area contributed by atoms with E-state index in [4.69, 9.17) is 5.11 Å². The number of hydrogen-bond donors (Lipinski definition) is 2. The Morgan fingerprint density at radius 1 is 0.923 bits per heavy atom. The third kappa shape index (κ3) is 3.41. The number of pyridine rings is 1. The van der Waals surface area contributed by atoms with E-state index in [-0.39, 0.29) is 16.9 Å². The van der Waals surface area contributed by atoms with Crippen LogP contribution in [0.5, 0.6) is 0 Å². The number of nitrogens with zero attached hydrogens (tertiary/aromatic N) is 1. The molecule has 0 aliphatic rings. The molecule has 130 valence electrons. The van der Waals surface area contributed by atoms with Crippen LogP contribution in [0.3, 0.4) is 0 Å². The van der Waals surface area contributed by atoms with Crippen molar-refractivity contribution in [3.8, 4) is 0 Å². The van der Waals surface area contributed by atoms with Crippen LogP contribution in [-0.2, 0) is 0 Å². The molecule has 1 aromatic heterocycles. The van der Waals surface area contributed by atoms with Crippen molar-refractivity contribution in [3.05, 3.63) is 89.1 Å². The van der Waals surface area contributed by atoms with E-state index in [2.05, 4.69) is 10.3 Å². The number of carboxylic acid groups (broad SMARTS) is 1. The van der Waals surface area contributed by atoms with E-state index in [1.54, 1.807) is 18.2 Å². The summed E-state index contributed by atoms with van der Waals surface area (Å²) in [6.45, 7) is 0. The smallest absolute Gasteiger partial charge is 0.339 e. The summed E-state index contributed by atoms with van der Waals surface area (Å²) < 4.78 is 28.8. The summed E-state index contributed by atoms with van der Waals surface area (Å²) in [5.74, 6) is -4.10. The van der Waals surface area contributed by atoms with Gasteiger partial charge in [-0.15, -0.1) is 0 Å². The maximum absolute atomic E-state index is 14.4. The van der Waals surface area contributed by atoms with Crippen molar-refractivity contribution in [2.75, 3.05) is 5.32 Å². The number of anilines is 2. The maximum atomic E-state index is 14.4. The largest absolute Gasteiger partial charge is 0.478 e. The van der Waals surface area contributed by atoms with Gasteiger partial charge in [-0.1, -0.05) is 30.3 Å². The molecule has 1 heterocycles. The normalized spacial score (nSPS) is 10.4. The zero-order chi connectivity index (χ0) is 18.7. The number of rotatable bonds is 5. The molecule has 3 rings (SSSR count). The zero-order valence-electron chi connectivity index (χ0n) is 13.2. The van der Waals surface area contributed by atoms with E-state index in [0.29, 0.717) is 5.56 Å². The number of aromatic carboxylic acids is 1. The third-order valence-corrected chi connectivity index (χ3v) is 3.62. The molecule has 0 bridgehead atoms. The molecule has 0 amide bonds. The lowest BCUT2D eigenvalue weighted by molar-refractivity contribution is 0.0697. The molecule has 0 saturated heterocycles. The van der Waals surface area contributed by atoms with Crippen molar-refractivity contribution in [1.82, 2.24) is 4.98 Å². The second-order valence-electron chi connectivity index (χ2n) is 5.34. The Labute approximate surface area is 146 Å². The highest BCUT2D eigenvalue weighted by Crippen LogP contribution is 2.26. The van der Waals surface area contributed by atoms with Crippen molar-refractivity contribution >= 4 is 23.3 Å². The van der Waals surface area contributed by atoms with Crippen LogP contribution in [0.25, 0.3) is 0 Å². The first kappa shape index (κ1) is 17.2. The lowest BCUT2D eigenvalue weighted by atomic mass is 10.0. The quantitative estimate of drug-likeness (QED) is 0.676. The minimum Gasteiger partial charge on any atom is -0.478 e. The monoisotopic (exact) mass is 354 g/mol. The number of carbonyl (C=O) groups excluding carboxylic acids is 1. The number of hydrogen-bond acceptors (Lipinski definition) is 4. The van der Waals surface area contributed by atoms with Gasteiger partial charge in [0.15, 0.2) is 5.78 Å². The van der Waals surface area contributed by atoms with Crippen LogP contribution < -0.4 is 5.32 Å². The van der Waals surface area contributed by atoms with E-state index in [1.165, 1.54) is 30.5 Å². The van der Waals surface area contributed by atoms with Gasteiger partial charge in [0.05, 0.1) is 0 Å². The lowest BCUT2D eigenvalue weighted by Gasteiger charge is -2.11. The summed E-state index contributed by atoms with van der Waals surface area (Å²) in [5.41, 5.74) is -0.687. The molecular formula is C19H12F2N2O3. The first-order chi connectivity index (χ1) is 12.5. The molecule has 0 fully saturated rings. The number of carboxylic acids is 1. The van der Waals surface area contributed by atoms with Gasteiger partial charge in [-0.3, -0.25) is 4.79 Å². The average molecular weight is 354 g/mol. The number of benzene rings is 2. The molecule has 0 aliphatic carbocycles. The van der Waals surface area contributed by atoms with Crippen molar-refractivity contribution in [3.63, 3.8) is 0 Å². The second-order valence-corrected chi connectivity index (χ2v) is 5.34. The third-order valence-electron chi connectivity index (χ3n) is 3.62. The summed E-state index contributed by atoms with van der Waals surface area (Å²) >= 11 is 0. The Kier molecular flexibility index (Phi) is 4.70. The topological polar surface area (TPSA) is 79.3 Å². The second kappa shape index (κ2) is 7.10. The van der Waals surface area contributed by atoms with E-state index in [9.17, 15) is 18.4 Å². The Hall–Kier alpha value is -3.61. The molecule has 0 atom stereocenters. The van der Waals surface area contributed by atoms with Gasteiger partial charge in [0, 0.05) is 17.3 Å². The fourth-order valence-electron chi connectivity index (χ4n) is 2.38. The highest BCUT2D eigenvalue weighted by atomic mass is 19.1. The van der Waals surface area contributed by atoms with Gasteiger partial charge in [-0.2, -0.15) is 0 Å². The Morgan fingerprint density at radius 2 is 1.58 bits per heavy atom. The van der Waals surface area contributed by atoms with Gasteiger partial charge < -0.3 is 10.4 Å². The number of aromatic nitrogens is 1. The number of nitrogens with one attached hydrogen (secondary N) is 1. The standard InChI is InChI=1S/C19H12F2N2O3/c20-14-9-12(17(24)11-5-2-1-3-6-11)10-15(21)16(14)23-18-13(19(25)26)7-4-8-22-18/h1-10H,(H,22,23)(H,25,26). The number of ketones is 1. The summed E-state index contributed by atoms with van der Waals surface area (Å²) in [7, 11) is 0. The first-order valence-electron chi connectivity index (χ1n) is 7.51. The van der Waals surface area contributed by atoms with Crippen molar-refractivity contribution in [2.45, 2.75) is 0 Å². The molecular weight excluding hydrogens is 342 g/mol. The van der Waals surface area contributed by atoms with Crippen molar-refractivity contribution < 1.29 is 23.5 Å². The van der Waals surface area contributed by atoms with E-state index >= 15 is 0 Å². The van der Waals surface area contributed by atoms with Crippen LogP contribution in [0.2, 0.25) is 0 Å². The Bertz CT molecular complexity index is 968. The van der Waals surface area contributed by atoms with E-state index in [0.717, 1.165) is 12.1 Å². The summed E-state index contributed by atoms with van der Waals surface area (Å²) in [4.78, 5) is 27.3. The molecule has 0 radical (unpaired) electrons. The SMILES string of the molecule is O=C(c1ccccc1)c1cc(F)c(Nc2ncccc2C(=O)O)c(F)c1. The van der Waals surface area contributed by atoms with E-state index in [1.807, 2.05) is 0 Å². The Balaban J connectivity index is 1.96. The molecule has 2 N–H and O–H groups in total.